The van der Waals surface area contributed by atoms with Crippen LogP contribution >= 0.6 is 11.3 Å². The lowest BCUT2D eigenvalue weighted by molar-refractivity contribution is 0.669. The van der Waals surface area contributed by atoms with Crippen molar-refractivity contribution in [3.63, 3.8) is 0 Å². The fourth-order valence-corrected chi connectivity index (χ4v) is 9.58. The quantitative estimate of drug-likeness (QED) is 0.176. The molecule has 4 heterocycles. The second-order valence-corrected chi connectivity index (χ2v) is 15.5. The van der Waals surface area contributed by atoms with Gasteiger partial charge in [-0.05, 0) is 65.7 Å². The van der Waals surface area contributed by atoms with Gasteiger partial charge in [0.2, 0.25) is 0 Å². The monoisotopic (exact) mass is 746 g/mol. The molecule has 0 spiro atoms. The van der Waals surface area contributed by atoms with Gasteiger partial charge in [-0.3, -0.25) is 0 Å². The van der Waals surface area contributed by atoms with E-state index in [9.17, 15) is 0 Å². The summed E-state index contributed by atoms with van der Waals surface area (Å²) in [6.45, 7) is 0. The van der Waals surface area contributed by atoms with Crippen LogP contribution in [0.3, 0.4) is 0 Å². The van der Waals surface area contributed by atoms with Crippen molar-refractivity contribution in [1.29, 1.82) is 0 Å². The number of hydrogen-bond donors (Lipinski definition) is 0. The van der Waals surface area contributed by atoms with Gasteiger partial charge < -0.3 is 8.98 Å². The van der Waals surface area contributed by atoms with Crippen LogP contribution in [-0.2, 0) is 0 Å². The largest absolute Gasteiger partial charge is 0.456 e. The summed E-state index contributed by atoms with van der Waals surface area (Å²) in [6.07, 6.45) is 0. The van der Waals surface area contributed by atoms with Crippen molar-refractivity contribution in [2.75, 3.05) is 0 Å². The van der Waals surface area contributed by atoms with Gasteiger partial charge in [0.05, 0.1) is 15.7 Å². The van der Waals surface area contributed by atoms with E-state index in [2.05, 4.69) is 120 Å². The number of hydrogen-bond acceptors (Lipinski definition) is 5. The van der Waals surface area contributed by atoms with Crippen molar-refractivity contribution in [2.24, 2.45) is 0 Å². The normalized spacial score (nSPS) is 11.9. The number of fused-ring (bicyclic) bond motifs is 10. The van der Waals surface area contributed by atoms with E-state index in [-0.39, 0.29) is 0 Å². The van der Waals surface area contributed by atoms with Crippen LogP contribution in [0.25, 0.3) is 115 Å². The zero-order valence-electron chi connectivity index (χ0n) is 30.4. The number of thiophene rings is 1. The molecule has 0 bridgehead atoms. The fourth-order valence-electron chi connectivity index (χ4n) is 8.34. The van der Waals surface area contributed by atoms with Crippen molar-refractivity contribution in [2.45, 2.75) is 0 Å². The van der Waals surface area contributed by atoms with E-state index >= 15 is 0 Å². The highest BCUT2D eigenvalue weighted by Crippen LogP contribution is 2.44. The Balaban J connectivity index is 0.990. The molecule has 0 saturated heterocycles. The zero-order chi connectivity index (χ0) is 37.5. The molecular formula is C51H30N4OS. The molecule has 0 fully saturated rings. The highest BCUT2D eigenvalue weighted by Gasteiger charge is 2.19. The second-order valence-electron chi connectivity index (χ2n) is 14.4. The molecular weight excluding hydrogens is 717 g/mol. The molecule has 0 aliphatic heterocycles. The first kappa shape index (κ1) is 31.9. The van der Waals surface area contributed by atoms with Crippen LogP contribution in [0.4, 0.5) is 0 Å². The van der Waals surface area contributed by atoms with Gasteiger partial charge in [0.15, 0.2) is 17.5 Å². The molecule has 266 valence electrons. The highest BCUT2D eigenvalue weighted by atomic mass is 32.1. The third-order valence-electron chi connectivity index (χ3n) is 11.0. The maximum Gasteiger partial charge on any atom is 0.164 e. The standard InChI is InChI=1S/C51H30N4OS/c1-4-12-31(13-5-1)49-52-50(32-14-6-2-7-15-32)54-51(53-49)35-20-23-37-42-29-34(22-27-44(42)56-45(37)30-35)33-21-26-43-41(28-33)39-24-25-40-38-18-10-11-19-46(38)57-48(40)47(39)55(43)36-16-8-3-9-17-36/h1-30H. The number of rotatable bonds is 5. The van der Waals surface area contributed by atoms with Crippen molar-refractivity contribution < 1.29 is 4.42 Å². The Kier molecular flexibility index (Phi) is 7.03. The summed E-state index contributed by atoms with van der Waals surface area (Å²) < 4.78 is 11.6. The minimum Gasteiger partial charge on any atom is -0.456 e. The summed E-state index contributed by atoms with van der Waals surface area (Å²) in [5.74, 6) is 1.86. The molecule has 0 N–H and O–H groups in total. The van der Waals surface area contributed by atoms with E-state index in [0.717, 1.165) is 55.4 Å². The second kappa shape index (κ2) is 12.6. The predicted octanol–water partition coefficient (Wildman–Crippen LogP) is 13.9. The molecule has 0 aliphatic rings. The topological polar surface area (TPSA) is 56.7 Å². The number of aromatic nitrogens is 4. The van der Waals surface area contributed by atoms with Gasteiger partial charge in [0.25, 0.3) is 0 Å². The molecule has 0 atom stereocenters. The average molecular weight is 747 g/mol. The van der Waals surface area contributed by atoms with Gasteiger partial charge in [-0.1, -0.05) is 127 Å². The summed E-state index contributed by atoms with van der Waals surface area (Å²) >= 11 is 1.88. The lowest BCUT2D eigenvalue weighted by Gasteiger charge is -2.09. The van der Waals surface area contributed by atoms with E-state index < -0.39 is 0 Å². The maximum absolute atomic E-state index is 6.51. The van der Waals surface area contributed by atoms with Gasteiger partial charge in [0, 0.05) is 59.4 Å². The minimum atomic E-state index is 0.599. The van der Waals surface area contributed by atoms with Crippen molar-refractivity contribution in [3.05, 3.63) is 182 Å². The van der Waals surface area contributed by atoms with Crippen LogP contribution in [0.2, 0.25) is 0 Å². The number of nitrogens with zero attached hydrogens (tertiary/aromatic N) is 4. The molecule has 12 rings (SSSR count). The molecule has 0 radical (unpaired) electrons. The molecule has 6 heteroatoms. The van der Waals surface area contributed by atoms with E-state index in [0.29, 0.717) is 17.5 Å². The van der Waals surface area contributed by atoms with Crippen molar-refractivity contribution >= 4 is 75.3 Å². The highest BCUT2D eigenvalue weighted by molar-refractivity contribution is 7.26. The molecule has 57 heavy (non-hydrogen) atoms. The summed E-state index contributed by atoms with van der Waals surface area (Å²) in [6, 6.07) is 63.8. The van der Waals surface area contributed by atoms with Gasteiger partial charge >= 0.3 is 0 Å². The Morgan fingerprint density at radius 3 is 1.70 bits per heavy atom. The molecule has 4 aromatic heterocycles. The lowest BCUT2D eigenvalue weighted by Crippen LogP contribution is -2.00. The number of furan rings is 1. The molecule has 0 aliphatic carbocycles. The number of benzene rings is 8. The maximum atomic E-state index is 6.51. The van der Waals surface area contributed by atoms with E-state index in [1.54, 1.807) is 0 Å². The lowest BCUT2D eigenvalue weighted by atomic mass is 10.00. The Labute approximate surface area is 330 Å². The minimum absolute atomic E-state index is 0.599. The SMILES string of the molecule is c1ccc(-c2nc(-c3ccccc3)nc(-c3ccc4c(c3)oc3ccc(-c5ccc6c(c5)c5ccc7c8ccccc8sc7c5n6-c5ccccc5)cc34)n2)cc1. The first-order valence-corrected chi connectivity index (χ1v) is 19.8. The van der Waals surface area contributed by atoms with Crippen LogP contribution in [0.1, 0.15) is 0 Å². The molecule has 0 saturated carbocycles. The first-order valence-electron chi connectivity index (χ1n) is 19.0. The van der Waals surface area contributed by atoms with Crippen LogP contribution in [0.5, 0.6) is 0 Å². The molecule has 0 unspecified atom stereocenters. The molecule has 0 amide bonds. The summed E-state index contributed by atoms with van der Waals surface area (Å²) in [5, 5.41) is 7.20. The summed E-state index contributed by atoms with van der Waals surface area (Å²) in [7, 11) is 0. The third kappa shape index (κ3) is 5.12. The fraction of sp³-hybridized carbons (Fsp3) is 0. The van der Waals surface area contributed by atoms with Gasteiger partial charge in [-0.15, -0.1) is 11.3 Å². The van der Waals surface area contributed by atoms with Crippen molar-refractivity contribution in [3.8, 4) is 51.0 Å². The predicted molar refractivity (Wildman–Crippen MR) is 236 cm³/mol. The first-order chi connectivity index (χ1) is 28.2. The molecule has 5 nitrogen and oxygen atoms in total. The Hall–Kier alpha value is -7.41. The van der Waals surface area contributed by atoms with Crippen LogP contribution in [0.15, 0.2) is 186 Å². The summed E-state index contributed by atoms with van der Waals surface area (Å²) in [4.78, 5) is 14.8. The smallest absolute Gasteiger partial charge is 0.164 e. The Morgan fingerprint density at radius 1 is 0.386 bits per heavy atom. The Bertz CT molecular complexity index is 3460. The average Bonchev–Trinajstić information content (AvgIpc) is 3.96. The van der Waals surface area contributed by atoms with Gasteiger partial charge in [-0.25, -0.2) is 15.0 Å². The molecule has 12 aromatic rings. The summed E-state index contributed by atoms with van der Waals surface area (Å²) in [5.41, 5.74) is 10.3. The van der Waals surface area contributed by atoms with Crippen LogP contribution in [-0.4, -0.2) is 19.5 Å². The zero-order valence-corrected chi connectivity index (χ0v) is 31.2. The van der Waals surface area contributed by atoms with E-state index in [1.165, 1.54) is 42.0 Å². The van der Waals surface area contributed by atoms with Crippen molar-refractivity contribution in [1.82, 2.24) is 19.5 Å². The third-order valence-corrected chi connectivity index (χ3v) is 12.2. The van der Waals surface area contributed by atoms with Crippen LogP contribution < -0.4 is 0 Å². The van der Waals surface area contributed by atoms with E-state index in [4.69, 9.17) is 19.4 Å². The van der Waals surface area contributed by atoms with Gasteiger partial charge in [-0.2, -0.15) is 0 Å². The van der Waals surface area contributed by atoms with Gasteiger partial charge in [0.1, 0.15) is 11.2 Å². The Morgan fingerprint density at radius 2 is 0.965 bits per heavy atom. The number of para-hydroxylation sites is 1. The van der Waals surface area contributed by atoms with E-state index in [1.807, 2.05) is 78.1 Å². The van der Waals surface area contributed by atoms with Crippen LogP contribution in [0, 0.1) is 0 Å². The molecule has 8 aromatic carbocycles.